The highest BCUT2D eigenvalue weighted by Crippen LogP contribution is 2.36. The van der Waals surface area contributed by atoms with E-state index in [4.69, 9.17) is 0 Å². The van der Waals surface area contributed by atoms with Gasteiger partial charge in [-0.25, -0.2) is 13.8 Å². The monoisotopic (exact) mass is 444 g/mol. The molecular weight excluding hydrogens is 432 g/mol. The van der Waals surface area contributed by atoms with Crippen molar-refractivity contribution >= 4 is 26.8 Å². The van der Waals surface area contributed by atoms with E-state index in [1.54, 1.807) is 19.9 Å². The number of benzene rings is 2. The van der Waals surface area contributed by atoms with Gasteiger partial charge in [-0.15, -0.1) is 0 Å². The van der Waals surface area contributed by atoms with Crippen LogP contribution in [0.3, 0.4) is 0 Å². The molecule has 0 bridgehead atoms. The Morgan fingerprint density at radius 2 is 1.70 bits per heavy atom. The molecule has 0 fully saturated rings. The maximum Gasteiger partial charge on any atom is 0.418 e. The summed E-state index contributed by atoms with van der Waals surface area (Å²) in [6.45, 7) is 3.29. The van der Waals surface area contributed by atoms with Gasteiger partial charge in [0, 0.05) is 10.5 Å². The molecule has 3 rings (SSSR count). The Morgan fingerprint density at radius 1 is 1.07 bits per heavy atom. The van der Waals surface area contributed by atoms with Crippen LogP contribution in [0.15, 0.2) is 50.5 Å². The Hall–Kier alpha value is -2.42. The number of rotatable bonds is 2. The minimum atomic E-state index is -4.97. The SMILES string of the molecule is CC(C)n1c(=O)n(-c2c(F)cc(Br)cc2C(F)(F)F)c(=O)c2ccccc21. The van der Waals surface area contributed by atoms with Gasteiger partial charge in [-0.05, 0) is 38.1 Å². The summed E-state index contributed by atoms with van der Waals surface area (Å²) in [6, 6.07) is 6.98. The molecule has 0 atom stereocenters. The smallest absolute Gasteiger partial charge is 0.290 e. The van der Waals surface area contributed by atoms with Crippen LogP contribution in [0, 0.1) is 5.82 Å². The van der Waals surface area contributed by atoms with Crippen LogP contribution in [0.5, 0.6) is 0 Å². The first-order chi connectivity index (χ1) is 12.5. The fourth-order valence-corrected chi connectivity index (χ4v) is 3.42. The Kier molecular flexibility index (Phi) is 4.75. The van der Waals surface area contributed by atoms with Crippen molar-refractivity contribution in [3.8, 4) is 5.69 Å². The lowest BCUT2D eigenvalue weighted by molar-refractivity contribution is -0.137. The number of aromatic nitrogens is 2. The Bertz CT molecular complexity index is 1160. The summed E-state index contributed by atoms with van der Waals surface area (Å²) in [5, 5.41) is 0.0150. The summed E-state index contributed by atoms with van der Waals surface area (Å²) in [4.78, 5) is 25.8. The zero-order valence-corrected chi connectivity index (χ0v) is 15.7. The first-order valence-electron chi connectivity index (χ1n) is 7.87. The summed E-state index contributed by atoms with van der Waals surface area (Å²) in [5.41, 5.74) is -4.32. The van der Waals surface area contributed by atoms with Gasteiger partial charge in [0.1, 0.15) is 11.5 Å². The summed E-state index contributed by atoms with van der Waals surface area (Å²) < 4.78 is 56.4. The topological polar surface area (TPSA) is 44.0 Å². The van der Waals surface area contributed by atoms with E-state index in [9.17, 15) is 27.2 Å². The molecule has 27 heavy (non-hydrogen) atoms. The first-order valence-corrected chi connectivity index (χ1v) is 8.66. The largest absolute Gasteiger partial charge is 0.418 e. The van der Waals surface area contributed by atoms with E-state index in [2.05, 4.69) is 15.9 Å². The van der Waals surface area contributed by atoms with Crippen molar-refractivity contribution in [1.82, 2.24) is 9.13 Å². The van der Waals surface area contributed by atoms with Crippen LogP contribution < -0.4 is 11.2 Å². The molecule has 4 nitrogen and oxygen atoms in total. The van der Waals surface area contributed by atoms with E-state index in [-0.39, 0.29) is 19.9 Å². The summed E-state index contributed by atoms with van der Waals surface area (Å²) in [7, 11) is 0. The number of nitrogens with zero attached hydrogens (tertiary/aromatic N) is 2. The lowest BCUT2D eigenvalue weighted by atomic mass is 10.1. The van der Waals surface area contributed by atoms with Gasteiger partial charge in [-0.2, -0.15) is 13.2 Å². The lowest BCUT2D eigenvalue weighted by Crippen LogP contribution is -2.41. The predicted octanol–water partition coefficient (Wildman–Crippen LogP) is 4.65. The van der Waals surface area contributed by atoms with Crippen LogP contribution in [-0.4, -0.2) is 9.13 Å². The van der Waals surface area contributed by atoms with Crippen molar-refractivity contribution in [2.24, 2.45) is 0 Å². The molecule has 0 N–H and O–H groups in total. The van der Waals surface area contributed by atoms with Crippen LogP contribution in [-0.2, 0) is 6.18 Å². The zero-order valence-electron chi connectivity index (χ0n) is 14.1. The Labute approximate surface area is 158 Å². The highest BCUT2D eigenvalue weighted by Gasteiger charge is 2.37. The number of hydrogen-bond donors (Lipinski definition) is 0. The third-order valence-corrected chi connectivity index (χ3v) is 4.53. The molecule has 1 aromatic heterocycles. The molecule has 0 saturated heterocycles. The average Bonchev–Trinajstić information content (AvgIpc) is 2.55. The van der Waals surface area contributed by atoms with Crippen LogP contribution in [0.4, 0.5) is 17.6 Å². The van der Waals surface area contributed by atoms with E-state index in [0.29, 0.717) is 6.07 Å². The van der Waals surface area contributed by atoms with Gasteiger partial charge in [0.25, 0.3) is 5.56 Å². The third kappa shape index (κ3) is 3.20. The normalized spacial score (nSPS) is 12.1. The minimum Gasteiger partial charge on any atom is -0.290 e. The van der Waals surface area contributed by atoms with Gasteiger partial charge >= 0.3 is 11.9 Å². The lowest BCUT2D eigenvalue weighted by Gasteiger charge is -2.19. The highest BCUT2D eigenvalue weighted by atomic mass is 79.9. The molecule has 9 heteroatoms. The first kappa shape index (κ1) is 19.3. The fourth-order valence-electron chi connectivity index (χ4n) is 2.99. The maximum absolute atomic E-state index is 14.6. The molecule has 0 amide bonds. The minimum absolute atomic E-state index is 0.0150. The van der Waals surface area contributed by atoms with Crippen molar-refractivity contribution in [2.45, 2.75) is 26.1 Å². The van der Waals surface area contributed by atoms with E-state index in [1.165, 1.54) is 22.8 Å². The Morgan fingerprint density at radius 3 is 2.30 bits per heavy atom. The van der Waals surface area contributed by atoms with Crippen molar-refractivity contribution in [2.75, 3.05) is 0 Å². The van der Waals surface area contributed by atoms with Gasteiger partial charge in [0.15, 0.2) is 0 Å². The molecule has 3 aromatic rings. The van der Waals surface area contributed by atoms with Gasteiger partial charge in [0.05, 0.1) is 16.5 Å². The zero-order chi connectivity index (χ0) is 20.1. The fraction of sp³-hybridized carbons (Fsp3) is 0.222. The Balaban J connectivity index is 2.59. The average molecular weight is 445 g/mol. The van der Waals surface area contributed by atoms with Crippen molar-refractivity contribution in [3.05, 3.63) is 73.1 Å². The van der Waals surface area contributed by atoms with Gasteiger partial charge < -0.3 is 0 Å². The molecule has 0 aliphatic carbocycles. The van der Waals surface area contributed by atoms with Gasteiger partial charge in [-0.3, -0.25) is 9.36 Å². The van der Waals surface area contributed by atoms with E-state index >= 15 is 0 Å². The van der Waals surface area contributed by atoms with Crippen LogP contribution >= 0.6 is 15.9 Å². The molecule has 0 aliphatic heterocycles. The third-order valence-electron chi connectivity index (χ3n) is 4.07. The highest BCUT2D eigenvalue weighted by molar-refractivity contribution is 9.10. The second-order valence-corrected chi connectivity index (χ2v) is 7.10. The predicted molar refractivity (Wildman–Crippen MR) is 96.9 cm³/mol. The molecule has 0 saturated carbocycles. The molecule has 0 radical (unpaired) electrons. The summed E-state index contributed by atoms with van der Waals surface area (Å²) in [5.74, 6) is -1.33. The maximum atomic E-state index is 14.6. The summed E-state index contributed by atoms with van der Waals surface area (Å²) >= 11 is 2.82. The van der Waals surface area contributed by atoms with Gasteiger partial charge in [-0.1, -0.05) is 28.1 Å². The van der Waals surface area contributed by atoms with Crippen LogP contribution in [0.25, 0.3) is 16.6 Å². The number of hydrogen-bond acceptors (Lipinski definition) is 2. The van der Waals surface area contributed by atoms with E-state index in [0.717, 1.165) is 6.07 Å². The van der Waals surface area contributed by atoms with E-state index in [1.807, 2.05) is 0 Å². The quantitative estimate of drug-likeness (QED) is 0.539. The van der Waals surface area contributed by atoms with Crippen LogP contribution in [0.1, 0.15) is 25.5 Å². The van der Waals surface area contributed by atoms with Crippen molar-refractivity contribution < 1.29 is 17.6 Å². The summed E-state index contributed by atoms with van der Waals surface area (Å²) in [6.07, 6.45) is -4.97. The molecule has 0 spiro atoms. The van der Waals surface area contributed by atoms with Gasteiger partial charge in [0.2, 0.25) is 0 Å². The molecule has 142 valence electrons. The second kappa shape index (κ2) is 6.63. The molecular formula is C18H13BrF4N2O2. The second-order valence-electron chi connectivity index (χ2n) is 6.19. The van der Waals surface area contributed by atoms with Crippen LogP contribution in [0.2, 0.25) is 0 Å². The molecule has 1 heterocycles. The number of alkyl halides is 3. The van der Waals surface area contributed by atoms with Crippen molar-refractivity contribution in [1.29, 1.82) is 0 Å². The standard InChI is InChI=1S/C18H13BrF4N2O2/c1-9(2)24-14-6-4-3-5-11(14)16(26)25(17(24)27)15-12(18(21,22)23)7-10(19)8-13(15)20/h3-9H,1-2H3. The van der Waals surface area contributed by atoms with Crippen molar-refractivity contribution in [3.63, 3.8) is 0 Å². The molecule has 0 unspecified atom stereocenters. The van der Waals surface area contributed by atoms with E-state index < -0.39 is 40.5 Å². The number of fused-ring (bicyclic) bond motifs is 1. The molecule has 2 aromatic carbocycles. The number of halogens is 5. The molecule has 0 aliphatic rings. The number of para-hydroxylation sites is 1.